The van der Waals surface area contributed by atoms with Gasteiger partial charge in [0.25, 0.3) is 0 Å². The second-order valence-corrected chi connectivity index (χ2v) is 4.32. The molecule has 2 rings (SSSR count). The van der Waals surface area contributed by atoms with Crippen molar-refractivity contribution in [2.45, 2.75) is 38.3 Å². The van der Waals surface area contributed by atoms with Gasteiger partial charge in [0.2, 0.25) is 0 Å². The Morgan fingerprint density at radius 2 is 2.40 bits per heavy atom. The standard InChI is InChI=1S/C12H21NO2/c1-3-13-11(10-5-4-8-15-10)12(14-2)9-6-7-9/h5,9,11-13H,3-4,6-8H2,1-2H3. The molecule has 1 aliphatic carbocycles. The minimum absolute atomic E-state index is 0.259. The van der Waals surface area contributed by atoms with Crippen LogP contribution in [-0.2, 0) is 9.47 Å². The summed E-state index contributed by atoms with van der Waals surface area (Å²) in [5.41, 5.74) is 0. The molecule has 1 heterocycles. The summed E-state index contributed by atoms with van der Waals surface area (Å²) >= 11 is 0. The van der Waals surface area contributed by atoms with Gasteiger partial charge in [-0.05, 0) is 31.4 Å². The fourth-order valence-corrected chi connectivity index (χ4v) is 2.28. The van der Waals surface area contributed by atoms with Gasteiger partial charge in [0.15, 0.2) is 0 Å². The molecule has 1 aliphatic heterocycles. The molecule has 2 aliphatic rings. The van der Waals surface area contributed by atoms with E-state index in [0.717, 1.165) is 31.2 Å². The largest absolute Gasteiger partial charge is 0.496 e. The average molecular weight is 211 g/mol. The molecule has 0 spiro atoms. The maximum atomic E-state index is 5.65. The topological polar surface area (TPSA) is 30.5 Å². The predicted octanol–water partition coefficient (Wildman–Crippen LogP) is 1.69. The highest BCUT2D eigenvalue weighted by Crippen LogP contribution is 2.37. The van der Waals surface area contributed by atoms with Crippen molar-refractivity contribution < 1.29 is 9.47 Å². The van der Waals surface area contributed by atoms with Crippen LogP contribution in [0.4, 0.5) is 0 Å². The molecule has 0 radical (unpaired) electrons. The monoisotopic (exact) mass is 211 g/mol. The lowest BCUT2D eigenvalue weighted by Gasteiger charge is -2.27. The van der Waals surface area contributed by atoms with Gasteiger partial charge in [-0.1, -0.05) is 6.92 Å². The van der Waals surface area contributed by atoms with Crippen molar-refractivity contribution in [2.24, 2.45) is 5.92 Å². The lowest BCUT2D eigenvalue weighted by Crippen LogP contribution is -2.43. The fraction of sp³-hybridized carbons (Fsp3) is 0.833. The van der Waals surface area contributed by atoms with E-state index in [0.29, 0.717) is 0 Å². The number of nitrogens with one attached hydrogen (secondary N) is 1. The van der Waals surface area contributed by atoms with Gasteiger partial charge < -0.3 is 14.8 Å². The maximum absolute atomic E-state index is 5.65. The van der Waals surface area contributed by atoms with Crippen molar-refractivity contribution in [3.8, 4) is 0 Å². The zero-order valence-electron chi connectivity index (χ0n) is 9.66. The predicted molar refractivity (Wildman–Crippen MR) is 59.6 cm³/mol. The Hall–Kier alpha value is -0.540. The van der Waals surface area contributed by atoms with Crippen LogP contribution < -0.4 is 5.32 Å². The first-order valence-electron chi connectivity index (χ1n) is 5.95. The van der Waals surface area contributed by atoms with Gasteiger partial charge in [0.1, 0.15) is 5.76 Å². The van der Waals surface area contributed by atoms with E-state index in [9.17, 15) is 0 Å². The van der Waals surface area contributed by atoms with E-state index in [-0.39, 0.29) is 12.1 Å². The zero-order valence-corrected chi connectivity index (χ0v) is 9.66. The number of hydrogen-bond donors (Lipinski definition) is 1. The van der Waals surface area contributed by atoms with E-state index in [1.54, 1.807) is 0 Å². The molecule has 0 amide bonds. The van der Waals surface area contributed by atoms with E-state index >= 15 is 0 Å². The Bertz CT molecular complexity index is 236. The van der Waals surface area contributed by atoms with Gasteiger partial charge >= 0.3 is 0 Å². The minimum atomic E-state index is 0.259. The van der Waals surface area contributed by atoms with Crippen LogP contribution in [0.2, 0.25) is 0 Å². The Labute approximate surface area is 91.8 Å². The van der Waals surface area contributed by atoms with Crippen LogP contribution in [0.1, 0.15) is 26.2 Å². The SMILES string of the molecule is CCNC(C1=CCCO1)C(OC)C1CC1. The smallest absolute Gasteiger partial charge is 0.112 e. The maximum Gasteiger partial charge on any atom is 0.112 e. The first-order valence-corrected chi connectivity index (χ1v) is 5.95. The van der Waals surface area contributed by atoms with Gasteiger partial charge in [-0.25, -0.2) is 0 Å². The fourth-order valence-electron chi connectivity index (χ4n) is 2.28. The Kier molecular flexibility index (Phi) is 3.65. The Morgan fingerprint density at radius 1 is 1.60 bits per heavy atom. The molecule has 1 saturated carbocycles. The quantitative estimate of drug-likeness (QED) is 0.725. The number of rotatable bonds is 6. The van der Waals surface area contributed by atoms with Crippen molar-refractivity contribution in [1.82, 2.24) is 5.32 Å². The summed E-state index contributed by atoms with van der Waals surface area (Å²) in [6, 6.07) is 0.259. The third kappa shape index (κ3) is 2.52. The summed E-state index contributed by atoms with van der Waals surface area (Å²) in [6.07, 6.45) is 6.12. The van der Waals surface area contributed by atoms with E-state index < -0.39 is 0 Å². The van der Waals surface area contributed by atoms with Crippen LogP contribution in [-0.4, -0.2) is 32.4 Å². The van der Waals surface area contributed by atoms with Gasteiger partial charge in [0, 0.05) is 13.5 Å². The number of ether oxygens (including phenoxy) is 2. The van der Waals surface area contributed by atoms with Crippen LogP contribution in [0, 0.1) is 5.92 Å². The lowest BCUT2D eigenvalue weighted by molar-refractivity contribution is 0.0434. The second-order valence-electron chi connectivity index (χ2n) is 4.32. The van der Waals surface area contributed by atoms with Crippen LogP contribution in [0.15, 0.2) is 11.8 Å². The van der Waals surface area contributed by atoms with Crippen molar-refractivity contribution in [1.29, 1.82) is 0 Å². The van der Waals surface area contributed by atoms with Crippen molar-refractivity contribution in [2.75, 3.05) is 20.3 Å². The van der Waals surface area contributed by atoms with Crippen LogP contribution >= 0.6 is 0 Å². The highest BCUT2D eigenvalue weighted by molar-refractivity contribution is 5.12. The van der Waals surface area contributed by atoms with Gasteiger partial charge in [-0.3, -0.25) is 0 Å². The summed E-state index contributed by atoms with van der Waals surface area (Å²) in [5.74, 6) is 1.82. The molecular weight excluding hydrogens is 190 g/mol. The van der Waals surface area contributed by atoms with E-state index in [1.165, 1.54) is 12.8 Å². The average Bonchev–Trinajstić information content (AvgIpc) is 2.94. The Morgan fingerprint density at radius 3 is 2.87 bits per heavy atom. The molecule has 0 bridgehead atoms. The summed E-state index contributed by atoms with van der Waals surface area (Å²) in [6.45, 7) is 3.92. The molecule has 0 aromatic heterocycles. The minimum Gasteiger partial charge on any atom is -0.496 e. The normalized spacial score (nSPS) is 24.5. The molecule has 0 aromatic carbocycles. The summed E-state index contributed by atoms with van der Waals surface area (Å²) in [7, 11) is 1.81. The number of methoxy groups -OCH3 is 1. The van der Waals surface area contributed by atoms with E-state index in [4.69, 9.17) is 9.47 Å². The van der Waals surface area contributed by atoms with Crippen LogP contribution in [0.3, 0.4) is 0 Å². The second kappa shape index (κ2) is 4.99. The van der Waals surface area contributed by atoms with Gasteiger partial charge in [0.05, 0.1) is 18.8 Å². The molecule has 2 atom stereocenters. The molecule has 3 heteroatoms. The third-order valence-electron chi connectivity index (χ3n) is 3.15. The van der Waals surface area contributed by atoms with E-state index in [1.807, 2.05) is 7.11 Å². The highest BCUT2D eigenvalue weighted by Gasteiger charge is 2.39. The molecule has 0 saturated heterocycles. The lowest BCUT2D eigenvalue weighted by atomic mass is 10.0. The summed E-state index contributed by atoms with van der Waals surface area (Å²) in [5, 5.41) is 3.48. The Balaban J connectivity index is 2.02. The molecule has 2 unspecified atom stereocenters. The van der Waals surface area contributed by atoms with Gasteiger partial charge in [-0.2, -0.15) is 0 Å². The molecular formula is C12H21NO2. The highest BCUT2D eigenvalue weighted by atomic mass is 16.5. The molecule has 0 aromatic rings. The summed E-state index contributed by atoms with van der Waals surface area (Å²) in [4.78, 5) is 0. The van der Waals surface area contributed by atoms with Crippen molar-refractivity contribution in [3.05, 3.63) is 11.8 Å². The first-order chi connectivity index (χ1) is 7.36. The molecule has 1 fully saturated rings. The van der Waals surface area contributed by atoms with Crippen molar-refractivity contribution >= 4 is 0 Å². The van der Waals surface area contributed by atoms with E-state index in [2.05, 4.69) is 18.3 Å². The third-order valence-corrected chi connectivity index (χ3v) is 3.15. The van der Waals surface area contributed by atoms with Gasteiger partial charge in [-0.15, -0.1) is 0 Å². The van der Waals surface area contributed by atoms with Crippen LogP contribution in [0.25, 0.3) is 0 Å². The molecule has 15 heavy (non-hydrogen) atoms. The summed E-state index contributed by atoms with van der Waals surface area (Å²) < 4.78 is 11.3. The zero-order chi connectivity index (χ0) is 10.7. The molecule has 86 valence electrons. The van der Waals surface area contributed by atoms with Crippen LogP contribution in [0.5, 0.6) is 0 Å². The first kappa shape index (κ1) is 11.0. The number of likely N-dealkylation sites (N-methyl/N-ethyl adjacent to an activating group) is 1. The number of hydrogen-bond acceptors (Lipinski definition) is 3. The molecule has 3 nitrogen and oxygen atoms in total. The molecule has 1 N–H and O–H groups in total. The van der Waals surface area contributed by atoms with Crippen molar-refractivity contribution in [3.63, 3.8) is 0 Å².